The van der Waals surface area contributed by atoms with Crippen LogP contribution in [0.25, 0.3) is 0 Å². The van der Waals surface area contributed by atoms with Crippen LogP contribution in [0.3, 0.4) is 0 Å². The van der Waals surface area contributed by atoms with Gasteiger partial charge in [0.1, 0.15) is 24.2 Å². The van der Waals surface area contributed by atoms with Crippen molar-refractivity contribution in [3.63, 3.8) is 0 Å². The van der Waals surface area contributed by atoms with E-state index in [-0.39, 0.29) is 34.8 Å². The topological polar surface area (TPSA) is 96.0 Å². The van der Waals surface area contributed by atoms with E-state index >= 15 is 0 Å². The Bertz CT molecular complexity index is 1480. The van der Waals surface area contributed by atoms with Crippen LogP contribution in [0.5, 0.6) is 5.75 Å². The highest BCUT2D eigenvalue weighted by molar-refractivity contribution is 7.92. The van der Waals surface area contributed by atoms with Crippen LogP contribution >= 0.6 is 0 Å². The molecule has 8 nitrogen and oxygen atoms in total. The van der Waals surface area contributed by atoms with E-state index in [2.05, 4.69) is 5.32 Å². The zero-order chi connectivity index (χ0) is 30.3. The second-order valence-corrected chi connectivity index (χ2v) is 12.4. The van der Waals surface area contributed by atoms with Crippen molar-refractivity contribution in [2.75, 3.05) is 18.0 Å². The van der Waals surface area contributed by atoms with Gasteiger partial charge in [0.05, 0.1) is 17.7 Å². The summed E-state index contributed by atoms with van der Waals surface area (Å²) < 4.78 is 48.3. The van der Waals surface area contributed by atoms with Crippen molar-refractivity contribution < 1.29 is 27.1 Å². The minimum absolute atomic E-state index is 0.000115. The van der Waals surface area contributed by atoms with Gasteiger partial charge in [-0.2, -0.15) is 0 Å². The number of benzene rings is 3. The Morgan fingerprint density at radius 1 is 1.02 bits per heavy atom. The number of nitrogens with one attached hydrogen (secondary N) is 1. The molecule has 42 heavy (non-hydrogen) atoms. The molecule has 1 unspecified atom stereocenters. The van der Waals surface area contributed by atoms with E-state index in [0.29, 0.717) is 12.0 Å². The molecule has 3 aromatic rings. The molecule has 0 aromatic heterocycles. The molecule has 10 heteroatoms. The number of aryl methyl sites for hydroxylation is 1. The summed E-state index contributed by atoms with van der Waals surface area (Å²) in [6.07, 6.45) is 4.13. The quantitative estimate of drug-likeness (QED) is 0.310. The first-order valence-corrected chi connectivity index (χ1v) is 15.6. The maximum Gasteiger partial charge on any atom is 0.264 e. The number of rotatable bonds is 12. The summed E-state index contributed by atoms with van der Waals surface area (Å²) in [5, 5.41) is 3.08. The van der Waals surface area contributed by atoms with E-state index in [0.717, 1.165) is 35.6 Å². The zero-order valence-corrected chi connectivity index (χ0v) is 25.1. The van der Waals surface area contributed by atoms with Crippen LogP contribution in [0, 0.1) is 12.7 Å². The Balaban J connectivity index is 1.75. The zero-order valence-electron chi connectivity index (χ0n) is 24.3. The van der Waals surface area contributed by atoms with Gasteiger partial charge in [0.15, 0.2) is 0 Å². The van der Waals surface area contributed by atoms with Gasteiger partial charge in [-0.1, -0.05) is 56.2 Å². The van der Waals surface area contributed by atoms with E-state index in [1.165, 1.54) is 36.3 Å². The fourth-order valence-electron chi connectivity index (χ4n) is 5.30. The normalized spacial score (nSPS) is 14.3. The molecular weight excluding hydrogens is 557 g/mol. The number of methoxy groups -OCH3 is 1. The number of carbonyl (C=O) groups excluding carboxylic acids is 2. The molecule has 1 atom stereocenters. The summed E-state index contributed by atoms with van der Waals surface area (Å²) in [6, 6.07) is 17.9. The molecule has 0 heterocycles. The number of carbonyl (C=O) groups is 2. The molecule has 224 valence electrons. The minimum atomic E-state index is -4.23. The summed E-state index contributed by atoms with van der Waals surface area (Å²) in [6.45, 7) is 3.05. The number of amides is 2. The fourth-order valence-corrected chi connectivity index (χ4v) is 6.74. The van der Waals surface area contributed by atoms with Gasteiger partial charge in [0, 0.05) is 12.6 Å². The van der Waals surface area contributed by atoms with Crippen molar-refractivity contribution in [3.05, 3.63) is 89.7 Å². The number of hydrogen-bond donors (Lipinski definition) is 1. The molecule has 0 saturated heterocycles. The van der Waals surface area contributed by atoms with Gasteiger partial charge in [-0.3, -0.25) is 13.9 Å². The number of halogens is 1. The highest BCUT2D eigenvalue weighted by Crippen LogP contribution is 2.34. The Morgan fingerprint density at radius 2 is 1.69 bits per heavy atom. The van der Waals surface area contributed by atoms with E-state index in [1.54, 1.807) is 48.5 Å². The molecule has 1 fully saturated rings. The van der Waals surface area contributed by atoms with Gasteiger partial charge in [-0.15, -0.1) is 0 Å². The van der Waals surface area contributed by atoms with Crippen LogP contribution in [0.2, 0.25) is 0 Å². The first-order chi connectivity index (χ1) is 20.1. The Hall–Kier alpha value is -3.92. The molecule has 2 amide bonds. The monoisotopic (exact) mass is 595 g/mol. The van der Waals surface area contributed by atoms with Crippen LogP contribution in [0.4, 0.5) is 10.1 Å². The second-order valence-electron chi connectivity index (χ2n) is 10.6. The second kappa shape index (κ2) is 13.8. The van der Waals surface area contributed by atoms with Gasteiger partial charge in [0.25, 0.3) is 10.0 Å². The summed E-state index contributed by atoms with van der Waals surface area (Å²) in [7, 11) is -2.79. The summed E-state index contributed by atoms with van der Waals surface area (Å²) in [5.41, 5.74) is 1.60. The Labute approximate surface area is 247 Å². The van der Waals surface area contributed by atoms with Gasteiger partial charge < -0.3 is 15.0 Å². The predicted molar refractivity (Wildman–Crippen MR) is 160 cm³/mol. The lowest BCUT2D eigenvalue weighted by atomic mass is 10.1. The number of hydrogen-bond acceptors (Lipinski definition) is 5. The van der Waals surface area contributed by atoms with E-state index < -0.39 is 34.3 Å². The Kier molecular flexibility index (Phi) is 10.2. The van der Waals surface area contributed by atoms with Gasteiger partial charge >= 0.3 is 0 Å². The van der Waals surface area contributed by atoms with Gasteiger partial charge in [-0.25, -0.2) is 12.8 Å². The predicted octanol–water partition coefficient (Wildman–Crippen LogP) is 5.20. The average Bonchev–Trinajstić information content (AvgIpc) is 3.50. The van der Waals surface area contributed by atoms with Gasteiger partial charge in [-0.05, 0) is 73.7 Å². The third kappa shape index (κ3) is 7.28. The highest BCUT2D eigenvalue weighted by Gasteiger charge is 2.35. The lowest BCUT2D eigenvalue weighted by molar-refractivity contribution is -0.140. The lowest BCUT2D eigenvalue weighted by Crippen LogP contribution is -2.53. The maximum absolute atomic E-state index is 14.2. The maximum atomic E-state index is 14.2. The number of anilines is 1. The lowest BCUT2D eigenvalue weighted by Gasteiger charge is -2.34. The fraction of sp³-hybridized carbons (Fsp3) is 0.375. The van der Waals surface area contributed by atoms with Crippen molar-refractivity contribution in [3.8, 4) is 5.75 Å². The smallest absolute Gasteiger partial charge is 0.264 e. The van der Waals surface area contributed by atoms with Crippen molar-refractivity contribution in [1.29, 1.82) is 0 Å². The van der Waals surface area contributed by atoms with Crippen molar-refractivity contribution in [1.82, 2.24) is 10.2 Å². The van der Waals surface area contributed by atoms with Crippen LogP contribution < -0.4 is 14.4 Å². The van der Waals surface area contributed by atoms with Crippen LogP contribution in [0.15, 0.2) is 77.7 Å². The highest BCUT2D eigenvalue weighted by atomic mass is 32.2. The van der Waals surface area contributed by atoms with Crippen molar-refractivity contribution in [2.24, 2.45) is 0 Å². The van der Waals surface area contributed by atoms with Crippen LogP contribution in [-0.4, -0.2) is 50.9 Å². The molecule has 3 aromatic carbocycles. The number of nitrogens with zero attached hydrogens (tertiary/aromatic N) is 2. The summed E-state index contributed by atoms with van der Waals surface area (Å²) in [5.74, 6) is -1.00. The molecule has 0 spiro atoms. The third-order valence-electron chi connectivity index (χ3n) is 7.57. The minimum Gasteiger partial charge on any atom is -0.495 e. The number of sulfonamides is 1. The molecule has 0 aliphatic heterocycles. The molecule has 1 saturated carbocycles. The standard InChI is InChI=1S/C32H38FN3O5S/c1-4-28(32(38)34-26-10-8-9-11-26)35(21-24-15-17-25(33)18-16-24)31(37)22-36(29-20-23(2)14-19-30(29)41-3)42(39,40)27-12-6-5-7-13-27/h5-7,12-20,26,28H,4,8-11,21-22H2,1-3H3,(H,34,38). The average molecular weight is 596 g/mol. The molecule has 4 rings (SSSR count). The van der Waals surface area contributed by atoms with Crippen LogP contribution in [0.1, 0.15) is 50.2 Å². The summed E-state index contributed by atoms with van der Waals surface area (Å²) >= 11 is 0. The molecule has 1 aliphatic rings. The first-order valence-electron chi connectivity index (χ1n) is 14.2. The van der Waals surface area contributed by atoms with Gasteiger partial charge in [0.2, 0.25) is 11.8 Å². The SMILES string of the molecule is CCC(C(=O)NC1CCCC1)N(Cc1ccc(F)cc1)C(=O)CN(c1cc(C)ccc1OC)S(=O)(=O)c1ccccc1. The molecule has 1 N–H and O–H groups in total. The van der Waals surface area contributed by atoms with E-state index in [9.17, 15) is 22.4 Å². The molecule has 0 bridgehead atoms. The van der Waals surface area contributed by atoms with Crippen LogP contribution in [-0.2, 0) is 26.2 Å². The largest absolute Gasteiger partial charge is 0.495 e. The van der Waals surface area contributed by atoms with Crippen molar-refractivity contribution >= 4 is 27.5 Å². The van der Waals surface area contributed by atoms with Crippen molar-refractivity contribution in [2.45, 2.75) is 69.5 Å². The van der Waals surface area contributed by atoms with E-state index in [4.69, 9.17) is 4.74 Å². The van der Waals surface area contributed by atoms with E-state index in [1.807, 2.05) is 13.8 Å². The first kappa shape index (κ1) is 31.0. The third-order valence-corrected chi connectivity index (χ3v) is 9.34. The number of ether oxygens (including phenoxy) is 1. The molecule has 1 aliphatic carbocycles. The Morgan fingerprint density at radius 3 is 2.31 bits per heavy atom. The molecular formula is C32H38FN3O5S. The summed E-state index contributed by atoms with van der Waals surface area (Å²) in [4.78, 5) is 29.2. The molecule has 0 radical (unpaired) electrons.